The third-order valence-corrected chi connectivity index (χ3v) is 3.77. The molecule has 0 fully saturated rings. The molecule has 2 aromatic heterocycles. The monoisotopic (exact) mass is 267 g/mol. The van der Waals surface area contributed by atoms with Gasteiger partial charge in [0.05, 0.1) is 29.9 Å². The Morgan fingerprint density at radius 3 is 2.83 bits per heavy atom. The molecule has 0 bridgehead atoms. The molecule has 0 aliphatic heterocycles. The van der Waals surface area contributed by atoms with Crippen molar-refractivity contribution in [2.45, 2.75) is 26.4 Å². The Morgan fingerprint density at radius 2 is 2.33 bits per heavy atom. The van der Waals surface area contributed by atoms with E-state index in [9.17, 15) is 0 Å². The lowest BCUT2D eigenvalue weighted by molar-refractivity contribution is 0.401. The summed E-state index contributed by atoms with van der Waals surface area (Å²) in [6.45, 7) is 4.81. The van der Waals surface area contributed by atoms with Gasteiger partial charge in [0, 0.05) is 6.54 Å². The summed E-state index contributed by atoms with van der Waals surface area (Å²) in [5.41, 5.74) is 1.95. The summed E-state index contributed by atoms with van der Waals surface area (Å²) in [6, 6.07) is 0.00222. The van der Waals surface area contributed by atoms with Crippen molar-refractivity contribution in [1.29, 1.82) is 0 Å². The molecule has 0 amide bonds. The molecule has 0 aromatic carbocycles. The normalized spacial score (nSPS) is 12.7. The first-order valence-electron chi connectivity index (χ1n) is 5.78. The Bertz CT molecular complexity index is 500. The lowest BCUT2D eigenvalue weighted by Crippen LogP contribution is -2.22. The lowest BCUT2D eigenvalue weighted by atomic mass is 10.1. The first kappa shape index (κ1) is 13.0. The number of aryl methyl sites for hydroxylation is 2. The van der Waals surface area contributed by atoms with Crippen molar-refractivity contribution in [3.05, 3.63) is 22.5 Å². The minimum Gasteiger partial charge on any atom is -0.493 e. The largest absolute Gasteiger partial charge is 0.493 e. The molecular weight excluding hydrogens is 250 g/mol. The first-order chi connectivity index (χ1) is 8.72. The number of hydrogen-bond acceptors (Lipinski definition) is 6. The molecule has 2 aromatic rings. The Labute approximate surface area is 110 Å². The second-order valence-electron chi connectivity index (χ2n) is 3.86. The van der Waals surface area contributed by atoms with E-state index in [4.69, 9.17) is 4.74 Å². The predicted molar refractivity (Wildman–Crippen MR) is 70.0 cm³/mol. The molecule has 7 heteroatoms. The second-order valence-corrected chi connectivity index (χ2v) is 4.64. The number of nitrogens with one attached hydrogen (secondary N) is 1. The molecule has 1 N–H and O–H groups in total. The van der Waals surface area contributed by atoms with Crippen molar-refractivity contribution in [3.8, 4) is 5.75 Å². The van der Waals surface area contributed by atoms with Gasteiger partial charge >= 0.3 is 0 Å². The molecule has 18 heavy (non-hydrogen) atoms. The van der Waals surface area contributed by atoms with Gasteiger partial charge in [0.1, 0.15) is 5.69 Å². The number of nitrogens with zero attached hydrogens (tertiary/aromatic N) is 4. The van der Waals surface area contributed by atoms with Crippen molar-refractivity contribution in [3.63, 3.8) is 0 Å². The van der Waals surface area contributed by atoms with Crippen LogP contribution in [-0.2, 0) is 6.54 Å². The highest BCUT2D eigenvalue weighted by molar-refractivity contribution is 7.05. The first-order valence-corrected chi connectivity index (χ1v) is 6.56. The third-order valence-electron chi connectivity index (χ3n) is 2.88. The zero-order chi connectivity index (χ0) is 13.1. The van der Waals surface area contributed by atoms with E-state index in [0.717, 1.165) is 28.6 Å². The SMILES string of the molecule is CCn1ncc(OC)c1C(NC)c1snnc1C. The highest BCUT2D eigenvalue weighted by Crippen LogP contribution is 2.32. The highest BCUT2D eigenvalue weighted by atomic mass is 32.1. The van der Waals surface area contributed by atoms with E-state index < -0.39 is 0 Å². The molecule has 0 aliphatic carbocycles. The van der Waals surface area contributed by atoms with Gasteiger partial charge < -0.3 is 10.1 Å². The van der Waals surface area contributed by atoms with Crippen molar-refractivity contribution in [2.24, 2.45) is 0 Å². The van der Waals surface area contributed by atoms with Crippen molar-refractivity contribution in [1.82, 2.24) is 24.7 Å². The summed E-state index contributed by atoms with van der Waals surface area (Å²) < 4.78 is 11.3. The van der Waals surface area contributed by atoms with Crippen LogP contribution in [0.25, 0.3) is 0 Å². The number of ether oxygens (including phenoxy) is 1. The molecule has 98 valence electrons. The maximum absolute atomic E-state index is 5.39. The minimum atomic E-state index is 0.00222. The molecular formula is C11H17N5OS. The fourth-order valence-corrected chi connectivity index (χ4v) is 2.73. The molecule has 1 unspecified atom stereocenters. The molecule has 2 rings (SSSR count). The average Bonchev–Trinajstić information content (AvgIpc) is 2.98. The quantitative estimate of drug-likeness (QED) is 0.886. The van der Waals surface area contributed by atoms with Crippen LogP contribution in [-0.4, -0.2) is 33.5 Å². The molecule has 6 nitrogen and oxygen atoms in total. The minimum absolute atomic E-state index is 0.00222. The molecule has 0 radical (unpaired) electrons. The summed E-state index contributed by atoms with van der Waals surface area (Å²) >= 11 is 1.40. The zero-order valence-electron chi connectivity index (χ0n) is 11.0. The number of methoxy groups -OCH3 is 1. The van der Waals surface area contributed by atoms with Crippen LogP contribution in [0.2, 0.25) is 0 Å². The Hall–Kier alpha value is -1.47. The van der Waals surface area contributed by atoms with Crippen LogP contribution >= 0.6 is 11.5 Å². The van der Waals surface area contributed by atoms with E-state index in [-0.39, 0.29) is 6.04 Å². The van der Waals surface area contributed by atoms with Gasteiger partial charge in [-0.15, -0.1) is 5.10 Å². The maximum Gasteiger partial charge on any atom is 0.161 e. The Morgan fingerprint density at radius 1 is 1.56 bits per heavy atom. The van der Waals surface area contributed by atoms with Crippen LogP contribution in [0.15, 0.2) is 6.20 Å². The second kappa shape index (κ2) is 5.45. The predicted octanol–water partition coefficient (Wildman–Crippen LogP) is 1.38. The van der Waals surface area contributed by atoms with E-state index in [1.807, 2.05) is 18.7 Å². The lowest BCUT2D eigenvalue weighted by Gasteiger charge is -2.17. The van der Waals surface area contributed by atoms with Gasteiger partial charge in [-0.2, -0.15) is 5.10 Å². The van der Waals surface area contributed by atoms with Gasteiger partial charge in [-0.1, -0.05) is 4.49 Å². The molecule has 1 atom stereocenters. The molecule has 0 saturated heterocycles. The third kappa shape index (κ3) is 2.11. The van der Waals surface area contributed by atoms with Crippen LogP contribution < -0.4 is 10.1 Å². The van der Waals surface area contributed by atoms with E-state index in [0.29, 0.717) is 0 Å². The van der Waals surface area contributed by atoms with Crippen molar-refractivity contribution in [2.75, 3.05) is 14.2 Å². The summed E-state index contributed by atoms with van der Waals surface area (Å²) in [5.74, 6) is 0.781. The van der Waals surface area contributed by atoms with Crippen LogP contribution in [0.1, 0.15) is 29.2 Å². The van der Waals surface area contributed by atoms with Crippen LogP contribution in [0.3, 0.4) is 0 Å². The highest BCUT2D eigenvalue weighted by Gasteiger charge is 2.25. The van der Waals surface area contributed by atoms with Gasteiger partial charge in [0.15, 0.2) is 5.75 Å². The summed E-state index contributed by atoms with van der Waals surface area (Å²) in [6.07, 6.45) is 1.74. The van der Waals surface area contributed by atoms with Crippen molar-refractivity contribution < 1.29 is 4.74 Å². The standard InChI is InChI=1S/C11H17N5OS/c1-5-16-10(8(17-4)6-13-16)9(12-3)11-7(2)14-15-18-11/h6,9,12H,5H2,1-4H3. The number of aromatic nitrogens is 4. The Balaban J connectivity index is 2.50. The van der Waals surface area contributed by atoms with Crippen LogP contribution in [0.5, 0.6) is 5.75 Å². The molecule has 2 heterocycles. The topological polar surface area (TPSA) is 64.9 Å². The van der Waals surface area contributed by atoms with E-state index in [1.165, 1.54) is 11.5 Å². The zero-order valence-corrected chi connectivity index (χ0v) is 11.8. The van der Waals surface area contributed by atoms with Crippen LogP contribution in [0.4, 0.5) is 0 Å². The van der Waals surface area contributed by atoms with E-state index >= 15 is 0 Å². The summed E-state index contributed by atoms with van der Waals surface area (Å²) in [7, 11) is 3.57. The average molecular weight is 267 g/mol. The summed E-state index contributed by atoms with van der Waals surface area (Å²) in [5, 5.41) is 11.7. The van der Waals surface area contributed by atoms with E-state index in [1.54, 1.807) is 13.3 Å². The van der Waals surface area contributed by atoms with Gasteiger partial charge in [-0.25, -0.2) is 0 Å². The van der Waals surface area contributed by atoms with Gasteiger partial charge in [-0.3, -0.25) is 4.68 Å². The molecule has 0 spiro atoms. The number of rotatable bonds is 5. The fourth-order valence-electron chi connectivity index (χ4n) is 1.97. The van der Waals surface area contributed by atoms with Crippen molar-refractivity contribution >= 4 is 11.5 Å². The summed E-state index contributed by atoms with van der Waals surface area (Å²) in [4.78, 5) is 1.09. The molecule has 0 saturated carbocycles. The van der Waals surface area contributed by atoms with E-state index in [2.05, 4.69) is 26.9 Å². The Kier molecular flexibility index (Phi) is 3.93. The van der Waals surface area contributed by atoms with Gasteiger partial charge in [0.2, 0.25) is 0 Å². The maximum atomic E-state index is 5.39. The molecule has 0 aliphatic rings. The fraction of sp³-hybridized carbons (Fsp3) is 0.545. The number of hydrogen-bond donors (Lipinski definition) is 1. The van der Waals surface area contributed by atoms with Gasteiger partial charge in [0.25, 0.3) is 0 Å². The smallest absolute Gasteiger partial charge is 0.161 e. The van der Waals surface area contributed by atoms with Gasteiger partial charge in [-0.05, 0) is 32.4 Å². The van der Waals surface area contributed by atoms with Crippen LogP contribution in [0, 0.1) is 6.92 Å².